The minimum Gasteiger partial charge on any atom is -0.481 e. The van der Waals surface area contributed by atoms with Crippen molar-refractivity contribution >= 4 is 11.9 Å². The van der Waals surface area contributed by atoms with E-state index in [2.05, 4.69) is 20.6 Å². The molecule has 22 heavy (non-hydrogen) atoms. The van der Waals surface area contributed by atoms with Crippen LogP contribution in [0.15, 0.2) is 12.4 Å². The maximum Gasteiger partial charge on any atom is 0.325 e. The van der Waals surface area contributed by atoms with E-state index in [4.69, 9.17) is 10.2 Å². The van der Waals surface area contributed by atoms with Crippen molar-refractivity contribution in [1.82, 2.24) is 30.0 Å². The monoisotopic (exact) mass is 310 g/mol. The third kappa shape index (κ3) is 6.11. The number of aryl methyl sites for hydroxylation is 2. The van der Waals surface area contributed by atoms with Gasteiger partial charge in [-0.3, -0.25) is 14.3 Å². The van der Waals surface area contributed by atoms with Crippen LogP contribution in [0.25, 0.3) is 0 Å². The van der Waals surface area contributed by atoms with Crippen LogP contribution in [-0.4, -0.2) is 52.1 Å². The van der Waals surface area contributed by atoms with Crippen LogP contribution in [0.1, 0.15) is 25.2 Å². The van der Waals surface area contributed by atoms with Crippen molar-refractivity contribution < 1.29 is 19.8 Å². The summed E-state index contributed by atoms with van der Waals surface area (Å²) in [7, 11) is 0. The van der Waals surface area contributed by atoms with E-state index in [1.54, 1.807) is 17.1 Å². The lowest BCUT2D eigenvalue weighted by Gasteiger charge is -1.90. The molecule has 0 amide bonds. The van der Waals surface area contributed by atoms with Gasteiger partial charge in [0, 0.05) is 18.9 Å². The van der Waals surface area contributed by atoms with Crippen molar-refractivity contribution in [2.45, 2.75) is 39.8 Å². The van der Waals surface area contributed by atoms with Gasteiger partial charge >= 0.3 is 11.9 Å². The first kappa shape index (κ1) is 17.3. The Kier molecular flexibility index (Phi) is 6.67. The molecule has 0 bridgehead atoms. The first-order valence-corrected chi connectivity index (χ1v) is 6.66. The van der Waals surface area contributed by atoms with Crippen LogP contribution >= 0.6 is 0 Å². The van der Waals surface area contributed by atoms with E-state index in [0.29, 0.717) is 12.2 Å². The number of carboxylic acids is 2. The second-order valence-corrected chi connectivity index (χ2v) is 4.29. The zero-order valence-electron chi connectivity index (χ0n) is 12.4. The summed E-state index contributed by atoms with van der Waals surface area (Å²) in [6.07, 6.45) is 3.99. The number of nitrogens with zero attached hydrogens (tertiary/aromatic N) is 6. The van der Waals surface area contributed by atoms with Gasteiger partial charge in [0.1, 0.15) is 6.54 Å². The highest BCUT2D eigenvalue weighted by Crippen LogP contribution is 1.93. The largest absolute Gasteiger partial charge is 0.481 e. The van der Waals surface area contributed by atoms with Gasteiger partial charge in [-0.25, -0.2) is 4.68 Å². The molecule has 0 aliphatic carbocycles. The molecule has 2 aromatic heterocycles. The third-order valence-corrected chi connectivity index (χ3v) is 2.49. The summed E-state index contributed by atoms with van der Waals surface area (Å²) in [5.41, 5.74) is 1.31. The molecule has 0 aliphatic heterocycles. The van der Waals surface area contributed by atoms with Gasteiger partial charge in [0.2, 0.25) is 0 Å². The first-order valence-electron chi connectivity index (χ1n) is 6.66. The fourth-order valence-corrected chi connectivity index (χ4v) is 1.45. The predicted octanol–water partition coefficient (Wildman–Crippen LogP) is -0.150. The van der Waals surface area contributed by atoms with Crippen LogP contribution in [0.2, 0.25) is 0 Å². The van der Waals surface area contributed by atoms with Gasteiger partial charge in [0.25, 0.3) is 0 Å². The summed E-state index contributed by atoms with van der Waals surface area (Å²) in [5.74, 6) is -1.79. The molecule has 0 spiro atoms. The normalized spacial score (nSPS) is 9.91. The molecule has 0 atom stereocenters. The van der Waals surface area contributed by atoms with Crippen LogP contribution in [-0.2, 0) is 35.5 Å². The molecule has 120 valence electrons. The van der Waals surface area contributed by atoms with E-state index in [9.17, 15) is 9.59 Å². The highest BCUT2D eigenvalue weighted by Gasteiger charge is 2.03. The second-order valence-electron chi connectivity index (χ2n) is 4.29. The fraction of sp³-hybridized carbons (Fsp3) is 0.500. The summed E-state index contributed by atoms with van der Waals surface area (Å²) in [4.78, 5) is 20.4. The summed E-state index contributed by atoms with van der Waals surface area (Å²) in [6.45, 7) is 4.45. The average molecular weight is 310 g/mol. The molecule has 2 aromatic rings. The quantitative estimate of drug-likeness (QED) is 0.751. The SMILES string of the molecule is CCc1cn(CC(=O)O)nn1.CCn1cc(CC(=O)O)nn1. The molecule has 2 N–H and O–H groups in total. The number of aromatic nitrogens is 6. The lowest BCUT2D eigenvalue weighted by molar-refractivity contribution is -0.138. The maximum atomic E-state index is 10.2. The number of carbonyl (C=O) groups is 2. The van der Waals surface area contributed by atoms with E-state index < -0.39 is 11.9 Å². The third-order valence-electron chi connectivity index (χ3n) is 2.49. The van der Waals surface area contributed by atoms with Crippen LogP contribution in [0.3, 0.4) is 0 Å². The van der Waals surface area contributed by atoms with Crippen molar-refractivity contribution in [2.75, 3.05) is 0 Å². The molecule has 10 heteroatoms. The molecule has 0 radical (unpaired) electrons. The molecule has 0 aliphatic rings. The van der Waals surface area contributed by atoms with Gasteiger partial charge < -0.3 is 10.2 Å². The lowest BCUT2D eigenvalue weighted by atomic mass is 10.3. The Morgan fingerprint density at radius 2 is 1.59 bits per heavy atom. The first-order chi connectivity index (χ1) is 10.4. The van der Waals surface area contributed by atoms with E-state index in [1.807, 2.05) is 13.8 Å². The number of rotatable bonds is 6. The highest BCUT2D eigenvalue weighted by atomic mass is 16.4. The molecule has 2 rings (SSSR count). The maximum absolute atomic E-state index is 10.2. The minimum absolute atomic E-state index is 0.0556. The van der Waals surface area contributed by atoms with E-state index in [-0.39, 0.29) is 13.0 Å². The molecular formula is C12H18N6O4. The lowest BCUT2D eigenvalue weighted by Crippen LogP contribution is -2.08. The van der Waals surface area contributed by atoms with Gasteiger partial charge in [-0.15, -0.1) is 10.2 Å². The van der Waals surface area contributed by atoms with Crippen molar-refractivity contribution in [3.05, 3.63) is 23.8 Å². The summed E-state index contributed by atoms with van der Waals surface area (Å²) >= 11 is 0. The molecule has 10 nitrogen and oxygen atoms in total. The van der Waals surface area contributed by atoms with Crippen LogP contribution in [0, 0.1) is 0 Å². The van der Waals surface area contributed by atoms with Crippen LogP contribution in [0.5, 0.6) is 0 Å². The summed E-state index contributed by atoms with van der Waals surface area (Å²) in [6, 6.07) is 0. The minimum atomic E-state index is -0.905. The Bertz CT molecular complexity index is 566. The molecule has 0 fully saturated rings. The standard InChI is InChI=1S/2C6H9N3O2/c1-2-9-4-5(7-8-9)3-6(10)11;1-2-5-3-9(8-7-5)4-6(10)11/h4H,2-3H2,1H3,(H,10,11);3H,2,4H2,1H3,(H,10,11). The molecule has 0 aromatic carbocycles. The van der Waals surface area contributed by atoms with E-state index in [0.717, 1.165) is 12.1 Å². The number of hydrogen-bond acceptors (Lipinski definition) is 6. The van der Waals surface area contributed by atoms with Crippen molar-refractivity contribution in [2.24, 2.45) is 0 Å². The van der Waals surface area contributed by atoms with Gasteiger partial charge in [-0.1, -0.05) is 17.4 Å². The molecule has 0 saturated carbocycles. The molecule has 0 saturated heterocycles. The van der Waals surface area contributed by atoms with Crippen molar-refractivity contribution in [1.29, 1.82) is 0 Å². The smallest absolute Gasteiger partial charge is 0.325 e. The number of carboxylic acid groups (broad SMARTS) is 2. The van der Waals surface area contributed by atoms with Gasteiger partial charge in [-0.2, -0.15) is 0 Å². The van der Waals surface area contributed by atoms with Crippen molar-refractivity contribution in [3.8, 4) is 0 Å². The zero-order chi connectivity index (χ0) is 16.5. The molecule has 2 heterocycles. The Morgan fingerprint density at radius 1 is 1.00 bits per heavy atom. The Morgan fingerprint density at radius 3 is 2.05 bits per heavy atom. The average Bonchev–Trinajstić information content (AvgIpc) is 3.07. The Hall–Kier alpha value is -2.78. The second kappa shape index (κ2) is 8.49. The fourth-order valence-electron chi connectivity index (χ4n) is 1.45. The molecular weight excluding hydrogens is 292 g/mol. The van der Waals surface area contributed by atoms with Crippen LogP contribution in [0.4, 0.5) is 0 Å². The highest BCUT2D eigenvalue weighted by molar-refractivity contribution is 5.69. The van der Waals surface area contributed by atoms with Gasteiger partial charge in [0.05, 0.1) is 17.8 Å². The van der Waals surface area contributed by atoms with Gasteiger partial charge in [-0.05, 0) is 13.3 Å². The van der Waals surface area contributed by atoms with E-state index >= 15 is 0 Å². The van der Waals surface area contributed by atoms with Crippen molar-refractivity contribution in [3.63, 3.8) is 0 Å². The summed E-state index contributed by atoms with van der Waals surface area (Å²) < 4.78 is 2.90. The van der Waals surface area contributed by atoms with Crippen LogP contribution < -0.4 is 0 Å². The number of aliphatic carboxylic acids is 2. The molecule has 0 unspecified atom stereocenters. The summed E-state index contributed by atoms with van der Waals surface area (Å²) in [5, 5.41) is 31.4. The van der Waals surface area contributed by atoms with Gasteiger partial charge in [0.15, 0.2) is 0 Å². The predicted molar refractivity (Wildman–Crippen MR) is 74.1 cm³/mol. The van der Waals surface area contributed by atoms with E-state index in [1.165, 1.54) is 4.68 Å². The topological polar surface area (TPSA) is 136 Å². The zero-order valence-corrected chi connectivity index (χ0v) is 12.4. The Labute approximate surface area is 126 Å². The Balaban J connectivity index is 0.000000220. The number of hydrogen-bond donors (Lipinski definition) is 2.